The first kappa shape index (κ1) is 16.6. The first-order chi connectivity index (χ1) is 8.78. The monoisotopic (exact) mass is 412 g/mol. The summed E-state index contributed by atoms with van der Waals surface area (Å²) in [6, 6.07) is 4.86. The van der Waals surface area contributed by atoms with E-state index in [9.17, 15) is 13.2 Å². The van der Waals surface area contributed by atoms with Crippen LogP contribution in [-0.4, -0.2) is 38.8 Å². The van der Waals surface area contributed by atoms with Crippen molar-refractivity contribution < 1.29 is 13.2 Å². The minimum Gasteiger partial charge on any atom is -0.355 e. The molecule has 0 bridgehead atoms. The quantitative estimate of drug-likeness (QED) is 0.802. The Hall–Kier alpha value is -0.440. The topological polar surface area (TPSA) is 66.5 Å². The number of nitrogens with one attached hydrogen (secondary N) is 1. The van der Waals surface area contributed by atoms with E-state index in [1.54, 1.807) is 19.1 Å². The molecule has 1 aromatic rings. The molecule has 0 saturated heterocycles. The van der Waals surface area contributed by atoms with Crippen LogP contribution in [0.5, 0.6) is 0 Å². The Morgan fingerprint density at radius 2 is 2.00 bits per heavy atom. The number of benzene rings is 1. The van der Waals surface area contributed by atoms with Crippen LogP contribution in [0.3, 0.4) is 0 Å². The highest BCUT2D eigenvalue weighted by molar-refractivity contribution is 9.11. The van der Waals surface area contributed by atoms with Gasteiger partial charge in [0.05, 0.1) is 11.4 Å². The van der Waals surface area contributed by atoms with Gasteiger partial charge in [0.25, 0.3) is 0 Å². The fourth-order valence-corrected chi connectivity index (χ4v) is 3.97. The highest BCUT2D eigenvalue weighted by Gasteiger charge is 2.25. The predicted octanol–water partition coefficient (Wildman–Crippen LogP) is 1.97. The minimum absolute atomic E-state index is 0.119. The molecule has 1 N–H and O–H groups in total. The van der Waals surface area contributed by atoms with Gasteiger partial charge in [-0.2, -0.15) is 4.31 Å². The number of nitrogens with zero attached hydrogens (tertiary/aromatic N) is 1. The lowest BCUT2D eigenvalue weighted by molar-refractivity contribution is -0.121. The van der Waals surface area contributed by atoms with E-state index in [0.717, 1.165) is 4.31 Å². The van der Waals surface area contributed by atoms with Crippen LogP contribution in [0.4, 0.5) is 0 Å². The molecule has 19 heavy (non-hydrogen) atoms. The number of hydrogen-bond acceptors (Lipinski definition) is 3. The number of amides is 1. The van der Waals surface area contributed by atoms with E-state index in [0.29, 0.717) is 15.5 Å². The molecule has 106 valence electrons. The highest BCUT2D eigenvalue weighted by atomic mass is 79.9. The summed E-state index contributed by atoms with van der Waals surface area (Å²) < 4.78 is 26.8. The Labute approximate surface area is 129 Å². The largest absolute Gasteiger partial charge is 0.355 e. The zero-order chi connectivity index (χ0) is 14.6. The Balaban J connectivity index is 3.03. The first-order valence-electron chi connectivity index (χ1n) is 5.47. The van der Waals surface area contributed by atoms with Crippen LogP contribution >= 0.6 is 31.9 Å². The number of sulfonamides is 1. The van der Waals surface area contributed by atoms with E-state index in [1.165, 1.54) is 13.1 Å². The molecule has 0 radical (unpaired) electrons. The van der Waals surface area contributed by atoms with E-state index in [-0.39, 0.29) is 17.3 Å². The summed E-state index contributed by atoms with van der Waals surface area (Å²) in [6.07, 6.45) is 0. The summed E-state index contributed by atoms with van der Waals surface area (Å²) in [5.74, 6) is -0.334. The summed E-state index contributed by atoms with van der Waals surface area (Å²) in [5, 5.41) is 2.56. The summed E-state index contributed by atoms with van der Waals surface area (Å²) in [7, 11) is -2.34. The Bertz CT molecular complexity index is 575. The third kappa shape index (κ3) is 4.27. The van der Waals surface area contributed by atoms with Crippen LogP contribution in [-0.2, 0) is 14.8 Å². The number of halogens is 2. The van der Waals surface area contributed by atoms with E-state index in [2.05, 4.69) is 37.2 Å². The normalized spacial score (nSPS) is 11.6. The Morgan fingerprint density at radius 3 is 2.58 bits per heavy atom. The lowest BCUT2D eigenvalue weighted by Crippen LogP contribution is -2.38. The molecule has 5 nitrogen and oxygen atoms in total. The summed E-state index contributed by atoms with van der Waals surface area (Å²) in [4.78, 5) is 11.6. The number of carbonyl (C=O) groups is 1. The summed E-state index contributed by atoms with van der Waals surface area (Å²) >= 11 is 6.43. The number of carbonyl (C=O) groups excluding carboxylic acids is 1. The van der Waals surface area contributed by atoms with Crippen molar-refractivity contribution in [3.05, 3.63) is 27.1 Å². The maximum atomic E-state index is 12.3. The van der Waals surface area contributed by atoms with Crippen LogP contribution < -0.4 is 5.32 Å². The van der Waals surface area contributed by atoms with Crippen molar-refractivity contribution in [3.63, 3.8) is 0 Å². The molecule has 0 spiro atoms. The molecule has 1 aromatic carbocycles. The maximum Gasteiger partial charge on any atom is 0.244 e. The molecule has 0 fully saturated rings. The van der Waals surface area contributed by atoms with Crippen molar-refractivity contribution in [3.8, 4) is 0 Å². The van der Waals surface area contributed by atoms with Gasteiger partial charge in [0, 0.05) is 22.5 Å². The number of likely N-dealkylation sites (N-methyl/N-ethyl adjacent to an activating group) is 2. The highest BCUT2D eigenvalue weighted by Crippen LogP contribution is 2.27. The third-order valence-corrected chi connectivity index (χ3v) is 5.61. The zero-order valence-corrected chi connectivity index (χ0v) is 14.5. The van der Waals surface area contributed by atoms with Gasteiger partial charge in [0.2, 0.25) is 15.9 Å². The average Bonchev–Trinajstić information content (AvgIpc) is 2.32. The standard InChI is InChI=1S/C11H14Br2N2O3S/c1-3-14-11(16)7-15(2)19(17,18)10-6-8(12)4-5-9(10)13/h4-6H,3,7H2,1-2H3,(H,14,16). The van der Waals surface area contributed by atoms with Crippen LogP contribution in [0.25, 0.3) is 0 Å². The number of rotatable bonds is 5. The first-order valence-corrected chi connectivity index (χ1v) is 8.49. The lowest BCUT2D eigenvalue weighted by atomic mass is 10.4. The predicted molar refractivity (Wildman–Crippen MR) is 80.3 cm³/mol. The molecular formula is C11H14Br2N2O3S. The molecule has 1 amide bonds. The Kier molecular flexibility index (Phi) is 5.97. The summed E-state index contributed by atoms with van der Waals surface area (Å²) in [6.45, 7) is 2.03. The van der Waals surface area contributed by atoms with Crippen LogP contribution in [0, 0.1) is 0 Å². The van der Waals surface area contributed by atoms with E-state index in [1.807, 2.05) is 0 Å². The van der Waals surface area contributed by atoms with Crippen molar-refractivity contribution in [2.75, 3.05) is 20.1 Å². The molecule has 0 atom stereocenters. The van der Waals surface area contributed by atoms with Gasteiger partial charge in [-0.05, 0) is 41.1 Å². The van der Waals surface area contributed by atoms with Crippen LogP contribution in [0.15, 0.2) is 32.0 Å². The average molecular weight is 414 g/mol. The van der Waals surface area contributed by atoms with Gasteiger partial charge >= 0.3 is 0 Å². The van der Waals surface area contributed by atoms with E-state index >= 15 is 0 Å². The van der Waals surface area contributed by atoms with Crippen LogP contribution in [0.1, 0.15) is 6.92 Å². The van der Waals surface area contributed by atoms with E-state index in [4.69, 9.17) is 0 Å². The molecule has 0 aromatic heterocycles. The van der Waals surface area contributed by atoms with Crippen molar-refractivity contribution in [1.29, 1.82) is 0 Å². The maximum absolute atomic E-state index is 12.3. The molecule has 0 aliphatic carbocycles. The van der Waals surface area contributed by atoms with Crippen molar-refractivity contribution >= 4 is 47.8 Å². The van der Waals surface area contributed by atoms with Gasteiger partial charge < -0.3 is 5.32 Å². The second-order valence-corrected chi connectivity index (χ2v) is 7.57. The molecular weight excluding hydrogens is 400 g/mol. The molecule has 0 aliphatic rings. The van der Waals surface area contributed by atoms with Gasteiger partial charge in [-0.15, -0.1) is 0 Å². The van der Waals surface area contributed by atoms with Crippen LogP contribution in [0.2, 0.25) is 0 Å². The smallest absolute Gasteiger partial charge is 0.244 e. The fourth-order valence-electron chi connectivity index (χ4n) is 1.38. The van der Waals surface area contributed by atoms with Gasteiger partial charge in [-0.25, -0.2) is 8.42 Å². The molecule has 0 aliphatic heterocycles. The van der Waals surface area contributed by atoms with Gasteiger partial charge in [-0.3, -0.25) is 4.79 Å². The Morgan fingerprint density at radius 1 is 1.37 bits per heavy atom. The van der Waals surface area contributed by atoms with E-state index < -0.39 is 10.0 Å². The molecule has 1 rings (SSSR count). The lowest BCUT2D eigenvalue weighted by Gasteiger charge is -2.17. The minimum atomic E-state index is -3.71. The van der Waals surface area contributed by atoms with Gasteiger partial charge in [-0.1, -0.05) is 15.9 Å². The third-order valence-electron chi connectivity index (χ3n) is 2.32. The molecule has 0 unspecified atom stereocenters. The second-order valence-electron chi connectivity index (χ2n) is 3.79. The van der Waals surface area contributed by atoms with Crippen molar-refractivity contribution in [2.45, 2.75) is 11.8 Å². The molecule has 0 saturated carbocycles. The SMILES string of the molecule is CCNC(=O)CN(C)S(=O)(=O)c1cc(Br)ccc1Br. The fraction of sp³-hybridized carbons (Fsp3) is 0.364. The van der Waals surface area contributed by atoms with Gasteiger partial charge in [0.15, 0.2) is 0 Å². The van der Waals surface area contributed by atoms with Crippen molar-refractivity contribution in [2.24, 2.45) is 0 Å². The number of hydrogen-bond donors (Lipinski definition) is 1. The second kappa shape index (κ2) is 6.83. The molecule has 0 heterocycles. The zero-order valence-electron chi connectivity index (χ0n) is 10.5. The van der Waals surface area contributed by atoms with Crippen molar-refractivity contribution in [1.82, 2.24) is 9.62 Å². The van der Waals surface area contributed by atoms with Gasteiger partial charge in [0.1, 0.15) is 0 Å². The summed E-state index contributed by atoms with van der Waals surface area (Å²) in [5.41, 5.74) is 0. The molecule has 8 heteroatoms.